The smallest absolute Gasteiger partial charge is 0.407 e. The highest BCUT2D eigenvalue weighted by molar-refractivity contribution is 5.77. The number of benzene rings is 2. The van der Waals surface area contributed by atoms with Gasteiger partial charge in [0.05, 0.1) is 6.04 Å². The Hall–Kier alpha value is -2.82. The molecule has 0 heterocycles. The largest absolute Gasteiger partial charge is 0.444 e. The van der Waals surface area contributed by atoms with Gasteiger partial charge >= 0.3 is 6.09 Å². The minimum absolute atomic E-state index is 0.0552. The van der Waals surface area contributed by atoms with Crippen LogP contribution in [-0.4, -0.2) is 24.1 Å². The SMILES string of the molecule is Cc1ccc(C(NC(=O)CCCNC(=O)OC(C)(C)C)c2ccccc2)cc1. The fraction of sp³-hybridized carbons (Fsp3) is 0.391. The van der Waals surface area contributed by atoms with Crippen molar-refractivity contribution < 1.29 is 14.3 Å². The fourth-order valence-electron chi connectivity index (χ4n) is 2.75. The van der Waals surface area contributed by atoms with Crippen LogP contribution >= 0.6 is 0 Å². The minimum Gasteiger partial charge on any atom is -0.444 e. The molecule has 0 radical (unpaired) electrons. The van der Waals surface area contributed by atoms with Gasteiger partial charge in [0.1, 0.15) is 5.60 Å². The van der Waals surface area contributed by atoms with Crippen LogP contribution < -0.4 is 10.6 Å². The van der Waals surface area contributed by atoms with Crippen molar-refractivity contribution in [2.75, 3.05) is 6.54 Å². The van der Waals surface area contributed by atoms with E-state index < -0.39 is 11.7 Å². The molecule has 0 aromatic heterocycles. The van der Waals surface area contributed by atoms with Crippen LogP contribution in [0.25, 0.3) is 0 Å². The Morgan fingerprint density at radius 1 is 0.964 bits per heavy atom. The van der Waals surface area contributed by atoms with E-state index in [1.807, 2.05) is 82.3 Å². The maximum atomic E-state index is 12.5. The lowest BCUT2D eigenvalue weighted by molar-refractivity contribution is -0.121. The van der Waals surface area contributed by atoms with Gasteiger partial charge in [-0.05, 0) is 45.2 Å². The monoisotopic (exact) mass is 382 g/mol. The Kier molecular flexibility index (Phi) is 7.61. The quantitative estimate of drug-likeness (QED) is 0.693. The van der Waals surface area contributed by atoms with Crippen LogP contribution in [0.1, 0.15) is 56.3 Å². The molecule has 0 aliphatic rings. The topological polar surface area (TPSA) is 67.4 Å². The molecule has 0 bridgehead atoms. The molecule has 5 heteroatoms. The highest BCUT2D eigenvalue weighted by Gasteiger charge is 2.17. The van der Waals surface area contributed by atoms with E-state index in [0.717, 1.165) is 11.1 Å². The van der Waals surface area contributed by atoms with Gasteiger partial charge in [-0.3, -0.25) is 4.79 Å². The number of hydrogen-bond donors (Lipinski definition) is 2. The summed E-state index contributed by atoms with van der Waals surface area (Å²) in [6, 6.07) is 17.9. The van der Waals surface area contributed by atoms with Crippen molar-refractivity contribution in [3.63, 3.8) is 0 Å². The average Bonchev–Trinajstić information content (AvgIpc) is 2.63. The van der Waals surface area contributed by atoms with Gasteiger partial charge < -0.3 is 15.4 Å². The lowest BCUT2D eigenvalue weighted by Crippen LogP contribution is -2.34. The van der Waals surface area contributed by atoms with Crippen molar-refractivity contribution >= 4 is 12.0 Å². The summed E-state index contributed by atoms with van der Waals surface area (Å²) < 4.78 is 5.18. The summed E-state index contributed by atoms with van der Waals surface area (Å²) in [6.45, 7) is 7.87. The first-order chi connectivity index (χ1) is 13.2. The number of carbonyl (C=O) groups excluding carboxylic acids is 2. The number of amides is 2. The number of aryl methyl sites for hydroxylation is 1. The number of alkyl carbamates (subject to hydrolysis) is 1. The van der Waals surface area contributed by atoms with Crippen LogP contribution in [0.4, 0.5) is 4.79 Å². The molecule has 2 rings (SSSR count). The van der Waals surface area contributed by atoms with Crippen molar-refractivity contribution in [1.29, 1.82) is 0 Å². The van der Waals surface area contributed by atoms with E-state index in [9.17, 15) is 9.59 Å². The van der Waals surface area contributed by atoms with Crippen molar-refractivity contribution in [2.45, 2.75) is 52.2 Å². The Bertz CT molecular complexity index is 765. The minimum atomic E-state index is -0.529. The zero-order chi connectivity index (χ0) is 20.6. The number of hydrogen-bond acceptors (Lipinski definition) is 3. The molecule has 2 aromatic carbocycles. The maximum Gasteiger partial charge on any atom is 0.407 e. The summed E-state index contributed by atoms with van der Waals surface area (Å²) in [5, 5.41) is 5.79. The maximum absolute atomic E-state index is 12.5. The fourth-order valence-corrected chi connectivity index (χ4v) is 2.75. The van der Waals surface area contributed by atoms with Crippen molar-refractivity contribution in [3.8, 4) is 0 Å². The highest BCUT2D eigenvalue weighted by Crippen LogP contribution is 2.22. The Morgan fingerprint density at radius 2 is 1.57 bits per heavy atom. The van der Waals surface area contributed by atoms with Crippen LogP contribution in [0.5, 0.6) is 0 Å². The summed E-state index contributed by atoms with van der Waals surface area (Å²) in [5.41, 5.74) is 2.72. The predicted molar refractivity (Wildman–Crippen MR) is 111 cm³/mol. The third kappa shape index (κ3) is 7.43. The van der Waals surface area contributed by atoms with E-state index in [4.69, 9.17) is 4.74 Å². The second-order valence-corrected chi connectivity index (χ2v) is 7.85. The normalized spacial score (nSPS) is 12.1. The zero-order valence-electron chi connectivity index (χ0n) is 17.1. The number of carbonyl (C=O) groups is 2. The highest BCUT2D eigenvalue weighted by atomic mass is 16.6. The molecule has 0 fully saturated rings. The second kappa shape index (κ2) is 9.93. The molecule has 0 aliphatic heterocycles. The lowest BCUT2D eigenvalue weighted by atomic mass is 9.97. The molecule has 2 aromatic rings. The lowest BCUT2D eigenvalue weighted by Gasteiger charge is -2.21. The summed E-state index contributed by atoms with van der Waals surface area (Å²) in [5.74, 6) is -0.0552. The molecule has 28 heavy (non-hydrogen) atoms. The number of nitrogens with one attached hydrogen (secondary N) is 2. The van der Waals surface area contributed by atoms with Gasteiger partial charge in [-0.1, -0.05) is 60.2 Å². The molecule has 2 N–H and O–H groups in total. The second-order valence-electron chi connectivity index (χ2n) is 7.85. The van der Waals surface area contributed by atoms with Crippen molar-refractivity contribution in [2.24, 2.45) is 0 Å². The summed E-state index contributed by atoms with van der Waals surface area (Å²) in [6.07, 6.45) is 0.403. The average molecular weight is 383 g/mol. The van der Waals surface area contributed by atoms with Crippen molar-refractivity contribution in [1.82, 2.24) is 10.6 Å². The summed E-state index contributed by atoms with van der Waals surface area (Å²) >= 11 is 0. The first kappa shape index (κ1) is 21.5. The third-order valence-electron chi connectivity index (χ3n) is 4.10. The Morgan fingerprint density at radius 3 is 2.18 bits per heavy atom. The summed E-state index contributed by atoms with van der Waals surface area (Å²) in [4.78, 5) is 24.1. The van der Waals surface area contributed by atoms with Gasteiger partial charge in [-0.25, -0.2) is 4.79 Å². The van der Waals surface area contributed by atoms with Crippen molar-refractivity contribution in [3.05, 3.63) is 71.3 Å². The van der Waals surface area contributed by atoms with Crippen LogP contribution in [0.15, 0.2) is 54.6 Å². The molecule has 2 amide bonds. The molecular formula is C23H30N2O3. The van der Waals surface area contributed by atoms with Crippen LogP contribution in [0, 0.1) is 6.92 Å². The van der Waals surface area contributed by atoms with Crippen LogP contribution in [0.2, 0.25) is 0 Å². The molecule has 1 atom stereocenters. The van der Waals surface area contributed by atoms with Gasteiger partial charge in [0, 0.05) is 13.0 Å². The predicted octanol–water partition coefficient (Wildman–Crippen LogP) is 4.51. The van der Waals surface area contributed by atoms with E-state index in [0.29, 0.717) is 19.4 Å². The van der Waals surface area contributed by atoms with E-state index in [1.54, 1.807) is 0 Å². The third-order valence-corrected chi connectivity index (χ3v) is 4.10. The standard InChI is InChI=1S/C23H30N2O3/c1-17-12-14-19(15-13-17)21(18-9-6-5-7-10-18)25-20(26)11-8-16-24-22(27)28-23(2,3)4/h5-7,9-10,12-15,21H,8,11,16H2,1-4H3,(H,24,27)(H,25,26). The summed E-state index contributed by atoms with van der Waals surface area (Å²) in [7, 11) is 0. The van der Waals surface area contributed by atoms with Gasteiger partial charge in [0.2, 0.25) is 5.91 Å². The molecule has 0 aliphatic carbocycles. The molecule has 5 nitrogen and oxygen atoms in total. The van der Waals surface area contributed by atoms with E-state index in [2.05, 4.69) is 10.6 Å². The van der Waals surface area contributed by atoms with E-state index >= 15 is 0 Å². The number of ether oxygens (including phenoxy) is 1. The van der Waals surface area contributed by atoms with Crippen LogP contribution in [0.3, 0.4) is 0 Å². The molecule has 0 saturated heterocycles. The molecule has 0 spiro atoms. The van der Waals surface area contributed by atoms with Crippen LogP contribution in [-0.2, 0) is 9.53 Å². The zero-order valence-corrected chi connectivity index (χ0v) is 17.1. The van der Waals surface area contributed by atoms with Gasteiger partial charge in [-0.2, -0.15) is 0 Å². The van der Waals surface area contributed by atoms with Gasteiger partial charge in [-0.15, -0.1) is 0 Å². The number of rotatable bonds is 7. The Labute approximate surface area is 167 Å². The molecular weight excluding hydrogens is 352 g/mol. The van der Waals surface area contributed by atoms with Gasteiger partial charge in [0.15, 0.2) is 0 Å². The molecule has 0 saturated carbocycles. The van der Waals surface area contributed by atoms with Gasteiger partial charge in [0.25, 0.3) is 0 Å². The van der Waals surface area contributed by atoms with E-state index in [1.165, 1.54) is 5.56 Å². The molecule has 150 valence electrons. The molecule has 1 unspecified atom stereocenters. The Balaban J connectivity index is 1.90. The van der Waals surface area contributed by atoms with E-state index in [-0.39, 0.29) is 11.9 Å². The first-order valence-corrected chi connectivity index (χ1v) is 9.62. The first-order valence-electron chi connectivity index (χ1n) is 9.62.